The number of esters is 1. The number of carbonyl (C=O) groups is 1. The lowest BCUT2D eigenvalue weighted by Crippen LogP contribution is -2.29. The van der Waals surface area contributed by atoms with Crippen molar-refractivity contribution >= 4 is 13.8 Å². The van der Waals surface area contributed by atoms with Crippen LogP contribution in [0.25, 0.3) is 0 Å². The number of phosphoric acid groups is 1. The van der Waals surface area contributed by atoms with E-state index in [1.807, 2.05) is 0 Å². The standard InChI is InChI=1S/C8H19N2O6P/c1-8(2,3)7(11)14-6-16-17(12,13)15-5-10-9-4/h9-10H,5-6H2,1-4H3,(H,12,13). The maximum atomic E-state index is 11.3. The molecule has 9 heteroatoms. The number of rotatable bonds is 7. The highest BCUT2D eigenvalue weighted by atomic mass is 31.2. The van der Waals surface area contributed by atoms with Gasteiger partial charge < -0.3 is 9.63 Å². The first-order valence-corrected chi connectivity index (χ1v) is 6.37. The van der Waals surface area contributed by atoms with Crippen molar-refractivity contribution in [3.63, 3.8) is 0 Å². The van der Waals surface area contributed by atoms with E-state index in [4.69, 9.17) is 4.89 Å². The SMILES string of the molecule is CNNCOP(=O)(O)OCOC(=O)C(C)(C)C. The molecule has 0 aliphatic carbocycles. The van der Waals surface area contributed by atoms with Crippen molar-refractivity contribution < 1.29 is 28.0 Å². The Morgan fingerprint density at radius 1 is 1.35 bits per heavy atom. The molecule has 0 spiro atoms. The number of hydrogen-bond acceptors (Lipinski definition) is 7. The molecule has 1 atom stereocenters. The molecule has 0 bridgehead atoms. The van der Waals surface area contributed by atoms with E-state index in [9.17, 15) is 9.36 Å². The van der Waals surface area contributed by atoms with E-state index in [0.29, 0.717) is 0 Å². The second-order valence-electron chi connectivity index (χ2n) is 4.10. The highest BCUT2D eigenvalue weighted by Gasteiger charge is 2.26. The summed E-state index contributed by atoms with van der Waals surface area (Å²) < 4.78 is 24.7. The Labute approximate surface area is 100 Å². The van der Waals surface area contributed by atoms with Crippen LogP contribution in [0.5, 0.6) is 0 Å². The Kier molecular flexibility index (Phi) is 6.84. The van der Waals surface area contributed by atoms with Gasteiger partial charge in [-0.1, -0.05) is 0 Å². The number of nitrogens with one attached hydrogen (secondary N) is 2. The lowest BCUT2D eigenvalue weighted by Gasteiger charge is -2.17. The van der Waals surface area contributed by atoms with Gasteiger partial charge in [-0.3, -0.25) is 14.7 Å². The average Bonchev–Trinajstić information content (AvgIpc) is 2.16. The van der Waals surface area contributed by atoms with Crippen molar-refractivity contribution in [3.05, 3.63) is 0 Å². The maximum Gasteiger partial charge on any atom is 0.476 e. The van der Waals surface area contributed by atoms with Gasteiger partial charge in [-0.2, -0.15) is 0 Å². The molecule has 0 amide bonds. The van der Waals surface area contributed by atoms with Gasteiger partial charge in [-0.15, -0.1) is 0 Å². The Hall–Kier alpha value is -0.500. The summed E-state index contributed by atoms with van der Waals surface area (Å²) in [4.78, 5) is 20.4. The van der Waals surface area contributed by atoms with Crippen LogP contribution in [-0.4, -0.2) is 31.4 Å². The van der Waals surface area contributed by atoms with Gasteiger partial charge in [0.2, 0.25) is 6.79 Å². The molecule has 1 unspecified atom stereocenters. The molecule has 8 nitrogen and oxygen atoms in total. The van der Waals surface area contributed by atoms with Crippen molar-refractivity contribution in [2.45, 2.75) is 20.8 Å². The van der Waals surface area contributed by atoms with Gasteiger partial charge in [0.1, 0.15) is 6.73 Å². The van der Waals surface area contributed by atoms with Gasteiger partial charge in [0.25, 0.3) is 0 Å². The van der Waals surface area contributed by atoms with Crippen molar-refractivity contribution in [2.75, 3.05) is 20.6 Å². The highest BCUT2D eigenvalue weighted by molar-refractivity contribution is 7.47. The Morgan fingerprint density at radius 2 is 1.94 bits per heavy atom. The van der Waals surface area contributed by atoms with E-state index >= 15 is 0 Å². The summed E-state index contributed by atoms with van der Waals surface area (Å²) in [5, 5.41) is 0. The smallest absolute Gasteiger partial charge is 0.437 e. The molecule has 0 aromatic rings. The summed E-state index contributed by atoms with van der Waals surface area (Å²) in [6.45, 7) is 4.10. The number of ether oxygens (including phenoxy) is 1. The van der Waals surface area contributed by atoms with Crippen LogP contribution in [0.3, 0.4) is 0 Å². The summed E-state index contributed by atoms with van der Waals surface area (Å²) in [7, 11) is -2.64. The Morgan fingerprint density at radius 3 is 2.41 bits per heavy atom. The first-order valence-electron chi connectivity index (χ1n) is 4.88. The molecule has 17 heavy (non-hydrogen) atoms. The zero-order valence-electron chi connectivity index (χ0n) is 10.3. The molecule has 0 rings (SSSR count). The van der Waals surface area contributed by atoms with Crippen molar-refractivity contribution in [3.8, 4) is 0 Å². The van der Waals surface area contributed by atoms with Crippen LogP contribution < -0.4 is 10.9 Å². The van der Waals surface area contributed by atoms with Crippen LogP contribution in [0.15, 0.2) is 0 Å². The minimum Gasteiger partial charge on any atom is -0.437 e. The molecular weight excluding hydrogens is 251 g/mol. The van der Waals surface area contributed by atoms with Gasteiger partial charge in [-0.25, -0.2) is 14.5 Å². The number of hydrazine groups is 1. The normalized spacial score (nSPS) is 15.4. The van der Waals surface area contributed by atoms with E-state index < -0.39 is 26.0 Å². The quantitative estimate of drug-likeness (QED) is 0.200. The third kappa shape index (κ3) is 8.25. The molecule has 3 N–H and O–H groups in total. The maximum absolute atomic E-state index is 11.3. The molecular formula is C8H19N2O6P. The third-order valence-corrected chi connectivity index (χ3v) is 2.38. The first kappa shape index (κ1) is 16.5. The molecule has 0 saturated carbocycles. The van der Waals surface area contributed by atoms with E-state index in [1.165, 1.54) is 0 Å². The van der Waals surface area contributed by atoms with E-state index in [0.717, 1.165) is 0 Å². The van der Waals surface area contributed by atoms with Crippen LogP contribution in [-0.2, 0) is 23.1 Å². The van der Waals surface area contributed by atoms with Gasteiger partial charge in [0, 0.05) is 0 Å². The Balaban J connectivity index is 3.87. The van der Waals surface area contributed by atoms with Crippen LogP contribution in [0, 0.1) is 5.41 Å². The zero-order chi connectivity index (χ0) is 13.5. The number of phosphoric ester groups is 1. The van der Waals surface area contributed by atoms with Crippen LogP contribution in [0.2, 0.25) is 0 Å². The summed E-state index contributed by atoms with van der Waals surface area (Å²) in [5.74, 6) is -0.536. The second kappa shape index (κ2) is 7.05. The van der Waals surface area contributed by atoms with E-state index in [-0.39, 0.29) is 6.73 Å². The minimum atomic E-state index is -4.21. The molecule has 0 aliphatic heterocycles. The zero-order valence-corrected chi connectivity index (χ0v) is 11.2. The monoisotopic (exact) mass is 270 g/mol. The van der Waals surface area contributed by atoms with Crippen LogP contribution in [0.1, 0.15) is 20.8 Å². The summed E-state index contributed by atoms with van der Waals surface area (Å²) in [5.41, 5.74) is 4.22. The fourth-order valence-corrected chi connectivity index (χ4v) is 1.07. The summed E-state index contributed by atoms with van der Waals surface area (Å²) in [6.07, 6.45) is 0. The van der Waals surface area contributed by atoms with Crippen LogP contribution in [0.4, 0.5) is 0 Å². The van der Waals surface area contributed by atoms with Gasteiger partial charge in [-0.05, 0) is 27.8 Å². The number of hydrogen-bond donors (Lipinski definition) is 3. The fraction of sp³-hybridized carbons (Fsp3) is 0.875. The highest BCUT2D eigenvalue weighted by Crippen LogP contribution is 2.42. The molecule has 0 heterocycles. The fourth-order valence-electron chi connectivity index (χ4n) is 0.586. The minimum absolute atomic E-state index is 0.225. The molecule has 0 radical (unpaired) electrons. The second-order valence-corrected chi connectivity index (χ2v) is 5.55. The molecule has 0 saturated heterocycles. The first-order chi connectivity index (χ1) is 7.69. The van der Waals surface area contributed by atoms with Crippen LogP contribution >= 0.6 is 7.82 Å². The average molecular weight is 270 g/mol. The van der Waals surface area contributed by atoms with Crippen molar-refractivity contribution in [1.82, 2.24) is 10.9 Å². The van der Waals surface area contributed by atoms with E-state index in [1.54, 1.807) is 27.8 Å². The van der Waals surface area contributed by atoms with Crippen molar-refractivity contribution in [1.29, 1.82) is 0 Å². The molecule has 0 aliphatic rings. The summed E-state index contributed by atoms with van der Waals surface area (Å²) >= 11 is 0. The molecule has 0 fully saturated rings. The molecule has 0 aromatic carbocycles. The predicted octanol–water partition coefficient (Wildman–Crippen LogP) is 0.348. The van der Waals surface area contributed by atoms with Gasteiger partial charge in [0.15, 0.2) is 0 Å². The predicted molar refractivity (Wildman–Crippen MR) is 59.5 cm³/mol. The third-order valence-electron chi connectivity index (χ3n) is 1.49. The topological polar surface area (TPSA) is 106 Å². The molecule has 102 valence electrons. The van der Waals surface area contributed by atoms with Gasteiger partial charge >= 0.3 is 13.8 Å². The number of carbonyl (C=O) groups excluding carboxylic acids is 1. The molecule has 0 aromatic heterocycles. The van der Waals surface area contributed by atoms with Gasteiger partial charge in [0.05, 0.1) is 5.41 Å². The largest absolute Gasteiger partial charge is 0.476 e. The Bertz CT molecular complexity index is 290. The lowest BCUT2D eigenvalue weighted by atomic mass is 9.98. The van der Waals surface area contributed by atoms with E-state index in [2.05, 4.69) is 24.6 Å². The van der Waals surface area contributed by atoms with Crippen molar-refractivity contribution in [2.24, 2.45) is 5.41 Å². The summed E-state index contributed by atoms with van der Waals surface area (Å²) in [6, 6.07) is 0. The lowest BCUT2D eigenvalue weighted by molar-refractivity contribution is -0.160.